The van der Waals surface area contributed by atoms with Crippen molar-refractivity contribution >= 4 is 43.5 Å². The molecule has 0 unspecified atom stereocenters. The summed E-state index contributed by atoms with van der Waals surface area (Å²) in [7, 11) is 1.69. The number of aromatic nitrogens is 3. The van der Waals surface area contributed by atoms with E-state index in [2.05, 4.69) is 44.8 Å². The summed E-state index contributed by atoms with van der Waals surface area (Å²) in [5.41, 5.74) is 5.88. The third-order valence-corrected chi connectivity index (χ3v) is 8.29. The van der Waals surface area contributed by atoms with Crippen molar-refractivity contribution in [2.45, 2.75) is 63.5 Å². The van der Waals surface area contributed by atoms with Gasteiger partial charge in [0.05, 0.1) is 29.5 Å². The van der Waals surface area contributed by atoms with Crippen LogP contribution in [-0.4, -0.2) is 27.7 Å². The summed E-state index contributed by atoms with van der Waals surface area (Å²) in [4.78, 5) is 15.6. The Kier molecular flexibility index (Phi) is 6.05. The number of thiophene rings is 1. The molecule has 4 aromatic rings. The van der Waals surface area contributed by atoms with Crippen LogP contribution in [-0.2, 0) is 29.9 Å². The molecular weight excluding hydrogens is 450 g/mol. The van der Waals surface area contributed by atoms with Crippen LogP contribution < -0.4 is 4.74 Å². The van der Waals surface area contributed by atoms with Crippen molar-refractivity contribution in [2.75, 3.05) is 7.11 Å². The Balaban J connectivity index is 1.59. The number of hydrogen-bond donors (Lipinski definition) is 0. The van der Waals surface area contributed by atoms with Gasteiger partial charge < -0.3 is 9.47 Å². The number of ether oxygens (including phenoxy) is 2. The van der Waals surface area contributed by atoms with Crippen molar-refractivity contribution in [1.29, 1.82) is 0 Å². The summed E-state index contributed by atoms with van der Waals surface area (Å²) >= 11 is 3.48. The number of fused-ring (bicyclic) bond motifs is 5. The van der Waals surface area contributed by atoms with E-state index in [1.54, 1.807) is 36.5 Å². The third-order valence-electron chi connectivity index (χ3n) is 6.02. The molecule has 4 heterocycles. The number of nitrogens with zero attached hydrogens (tertiary/aromatic N) is 3. The van der Waals surface area contributed by atoms with E-state index in [-0.39, 0.29) is 5.60 Å². The summed E-state index contributed by atoms with van der Waals surface area (Å²) in [6.45, 7) is 9.45. The van der Waals surface area contributed by atoms with Crippen LogP contribution in [0.15, 0.2) is 35.6 Å². The van der Waals surface area contributed by atoms with E-state index in [9.17, 15) is 0 Å². The van der Waals surface area contributed by atoms with E-state index in [0.717, 1.165) is 44.4 Å². The number of methoxy groups -OCH3 is 1. The lowest BCUT2D eigenvalue weighted by Gasteiger charge is -2.33. The Hall–Kier alpha value is -2.22. The van der Waals surface area contributed by atoms with Gasteiger partial charge in [-0.05, 0) is 49.4 Å². The summed E-state index contributed by atoms with van der Waals surface area (Å²) in [6, 6.07) is 8.21. The molecule has 5 rings (SSSR count). The van der Waals surface area contributed by atoms with Crippen LogP contribution in [0.5, 0.6) is 5.75 Å². The molecule has 172 valence electrons. The maximum atomic E-state index is 6.20. The van der Waals surface area contributed by atoms with Gasteiger partial charge in [-0.25, -0.2) is 15.0 Å². The van der Waals surface area contributed by atoms with E-state index in [4.69, 9.17) is 19.4 Å². The maximum absolute atomic E-state index is 6.20. The Labute approximate surface area is 203 Å². The summed E-state index contributed by atoms with van der Waals surface area (Å²) < 4.78 is 12.6. The highest BCUT2D eigenvalue weighted by Gasteiger charge is 2.31. The van der Waals surface area contributed by atoms with Gasteiger partial charge in [-0.1, -0.05) is 26.0 Å². The molecule has 1 aromatic carbocycles. The fourth-order valence-corrected chi connectivity index (χ4v) is 6.59. The summed E-state index contributed by atoms with van der Waals surface area (Å²) in [6.07, 6.45) is 3.53. The highest BCUT2D eigenvalue weighted by Crippen LogP contribution is 2.43. The molecule has 3 aromatic heterocycles. The van der Waals surface area contributed by atoms with Gasteiger partial charge in [0.1, 0.15) is 21.9 Å². The first-order chi connectivity index (χ1) is 15.8. The third kappa shape index (κ3) is 4.46. The van der Waals surface area contributed by atoms with Gasteiger partial charge in [0.25, 0.3) is 0 Å². The second kappa shape index (κ2) is 8.85. The van der Waals surface area contributed by atoms with Gasteiger partial charge in [-0.3, -0.25) is 0 Å². The maximum Gasteiger partial charge on any atom is 0.126 e. The topological polar surface area (TPSA) is 57.1 Å². The molecule has 0 amide bonds. The molecule has 0 fully saturated rings. The van der Waals surface area contributed by atoms with E-state index in [0.29, 0.717) is 12.5 Å². The van der Waals surface area contributed by atoms with Crippen LogP contribution in [0.2, 0.25) is 0 Å². The first-order valence-electron chi connectivity index (χ1n) is 11.3. The quantitative estimate of drug-likeness (QED) is 0.230. The van der Waals surface area contributed by atoms with Crippen LogP contribution in [0.4, 0.5) is 0 Å². The highest BCUT2D eigenvalue weighted by molar-refractivity contribution is 7.98. The van der Waals surface area contributed by atoms with Crippen molar-refractivity contribution in [3.05, 3.63) is 53.0 Å². The smallest absolute Gasteiger partial charge is 0.126 e. The predicted molar refractivity (Wildman–Crippen MR) is 136 cm³/mol. The molecular formula is C26H29N3O2S2. The fraction of sp³-hybridized carbons (Fsp3) is 0.423. The molecule has 0 aliphatic carbocycles. The molecule has 1 aliphatic rings. The van der Waals surface area contributed by atoms with E-state index < -0.39 is 0 Å². The average molecular weight is 480 g/mol. The first kappa shape index (κ1) is 22.6. The van der Waals surface area contributed by atoms with Crippen molar-refractivity contribution in [3.8, 4) is 5.75 Å². The lowest BCUT2D eigenvalue weighted by Crippen LogP contribution is -2.33. The largest absolute Gasteiger partial charge is 0.497 e. The summed E-state index contributed by atoms with van der Waals surface area (Å²) in [5, 5.41) is 2.21. The number of rotatable bonds is 6. The van der Waals surface area contributed by atoms with Crippen LogP contribution in [0.25, 0.3) is 20.4 Å². The molecule has 0 saturated carbocycles. The van der Waals surface area contributed by atoms with Crippen LogP contribution >= 0.6 is 23.1 Å². The first-order valence-corrected chi connectivity index (χ1v) is 13.1. The summed E-state index contributed by atoms with van der Waals surface area (Å²) in [5.74, 6) is 2.26. The zero-order chi connectivity index (χ0) is 23.2. The van der Waals surface area contributed by atoms with Gasteiger partial charge in [-0.2, -0.15) is 0 Å². The number of benzene rings is 1. The predicted octanol–water partition coefficient (Wildman–Crippen LogP) is 6.59. The number of thioether (sulfide) groups is 1. The van der Waals surface area contributed by atoms with Gasteiger partial charge in [-0.15, -0.1) is 23.1 Å². The van der Waals surface area contributed by atoms with Gasteiger partial charge in [0, 0.05) is 28.8 Å². The monoisotopic (exact) mass is 479 g/mol. The molecule has 33 heavy (non-hydrogen) atoms. The van der Waals surface area contributed by atoms with Crippen LogP contribution in [0.3, 0.4) is 0 Å². The molecule has 0 spiro atoms. The zero-order valence-corrected chi connectivity index (χ0v) is 21.4. The van der Waals surface area contributed by atoms with Crippen molar-refractivity contribution in [2.24, 2.45) is 5.92 Å². The van der Waals surface area contributed by atoms with Crippen molar-refractivity contribution in [3.63, 3.8) is 0 Å². The van der Waals surface area contributed by atoms with Crippen molar-refractivity contribution in [1.82, 2.24) is 15.0 Å². The Bertz CT molecular complexity index is 1310. The van der Waals surface area contributed by atoms with E-state index >= 15 is 0 Å². The second-order valence-electron chi connectivity index (χ2n) is 9.61. The molecule has 5 nitrogen and oxygen atoms in total. The molecule has 0 radical (unpaired) electrons. The molecule has 0 atom stereocenters. The van der Waals surface area contributed by atoms with Gasteiger partial charge in [0.15, 0.2) is 0 Å². The number of pyridine rings is 1. The van der Waals surface area contributed by atoms with Crippen LogP contribution in [0.1, 0.15) is 50.1 Å². The van der Waals surface area contributed by atoms with Crippen molar-refractivity contribution < 1.29 is 9.47 Å². The zero-order valence-electron chi connectivity index (χ0n) is 19.8. The Morgan fingerprint density at radius 1 is 1.15 bits per heavy atom. The normalized spacial score (nSPS) is 15.3. The molecule has 0 N–H and O–H groups in total. The minimum absolute atomic E-state index is 0.191. The SMILES string of the molecule is COc1ccc(CSc2ncnc3c2sc2nc(CC(C)C)c4c(c23)CC(C)(C)OC4)cc1. The molecule has 0 bridgehead atoms. The lowest BCUT2D eigenvalue weighted by molar-refractivity contribution is -0.0402. The minimum atomic E-state index is -0.191. The second-order valence-corrected chi connectivity index (χ2v) is 11.6. The Morgan fingerprint density at radius 2 is 1.94 bits per heavy atom. The lowest BCUT2D eigenvalue weighted by atomic mass is 9.88. The average Bonchev–Trinajstić information content (AvgIpc) is 3.16. The number of hydrogen-bond acceptors (Lipinski definition) is 7. The molecule has 7 heteroatoms. The Morgan fingerprint density at radius 3 is 2.67 bits per heavy atom. The molecule has 1 aliphatic heterocycles. The standard InChI is InChI=1S/C26H29N3O2S2/c1-15(2)10-20-19-12-31-26(3,4)11-18(19)21-22-23(33-24(21)29-20)25(28-14-27-22)32-13-16-6-8-17(30-5)9-7-16/h6-9,14-15H,10-13H2,1-5H3. The van der Waals surface area contributed by atoms with Crippen LogP contribution in [0, 0.1) is 5.92 Å². The van der Waals surface area contributed by atoms with Gasteiger partial charge >= 0.3 is 0 Å². The van der Waals surface area contributed by atoms with E-state index in [1.807, 2.05) is 12.1 Å². The fourth-order valence-electron chi connectivity index (χ4n) is 4.38. The highest BCUT2D eigenvalue weighted by atomic mass is 32.2. The minimum Gasteiger partial charge on any atom is -0.497 e. The molecule has 0 saturated heterocycles. The van der Waals surface area contributed by atoms with Gasteiger partial charge in [0.2, 0.25) is 0 Å². The van der Waals surface area contributed by atoms with E-state index in [1.165, 1.54) is 27.8 Å².